The number of aliphatic hydroxyl groups is 3. The first-order valence-electron chi connectivity index (χ1n) is 16.0. The van der Waals surface area contributed by atoms with E-state index in [-0.39, 0.29) is 24.7 Å². The summed E-state index contributed by atoms with van der Waals surface area (Å²) in [7, 11) is 1.57. The van der Waals surface area contributed by atoms with E-state index in [1.54, 1.807) is 27.2 Å². The van der Waals surface area contributed by atoms with Crippen LogP contribution in [0.15, 0.2) is 52.2 Å². The summed E-state index contributed by atoms with van der Waals surface area (Å²) in [5.41, 5.74) is 0.779. The zero-order valence-corrected chi connectivity index (χ0v) is 27.8. The summed E-state index contributed by atoms with van der Waals surface area (Å²) in [5, 5.41) is 33.3. The lowest BCUT2D eigenvalue weighted by Gasteiger charge is -2.35. The fourth-order valence-electron chi connectivity index (χ4n) is 6.30. The standard InChI is InChI=1S/C35H49NO10/c1-19(13-25-18-43-23(5)36-25)9-8-10-20(2)32(42-7)22(4)28-17-30(38)35(6,41)12-11-26(37)21(3)27-14-24(16-31(39)44-27)15-29-33(45-29)34(40)46-28/h8-13,18,21-22,24,26-30,32-33,37-38,41H,14-17H2,1-7H3/b9-8+,12-11-,19-13+,20-10-. The topological polar surface area (TPSA) is 161 Å². The lowest BCUT2D eigenvalue weighted by Crippen LogP contribution is -2.45. The molecule has 3 aliphatic heterocycles. The summed E-state index contributed by atoms with van der Waals surface area (Å²) in [6.07, 6.45) is 7.64. The van der Waals surface area contributed by atoms with E-state index in [1.165, 1.54) is 19.1 Å². The number of ether oxygens (including phenoxy) is 4. The molecule has 0 aromatic carbocycles. The highest BCUT2D eigenvalue weighted by Crippen LogP contribution is 2.38. The molecule has 11 unspecified atom stereocenters. The molecule has 4 heterocycles. The van der Waals surface area contributed by atoms with Gasteiger partial charge < -0.3 is 38.7 Å². The monoisotopic (exact) mass is 643 g/mol. The van der Waals surface area contributed by atoms with Crippen LogP contribution in [0.1, 0.15) is 71.9 Å². The molecular weight excluding hydrogens is 594 g/mol. The van der Waals surface area contributed by atoms with Gasteiger partial charge in [-0.05, 0) is 56.8 Å². The van der Waals surface area contributed by atoms with Crippen LogP contribution in [0.4, 0.5) is 0 Å². The number of allylic oxidation sites excluding steroid dienone is 4. The number of epoxide rings is 1. The van der Waals surface area contributed by atoms with E-state index in [9.17, 15) is 24.9 Å². The fraction of sp³-hybridized carbons (Fsp3) is 0.629. The number of nitrogens with zero attached hydrogens (tertiary/aromatic N) is 1. The fourth-order valence-corrected chi connectivity index (χ4v) is 6.30. The first kappa shape index (κ1) is 35.8. The predicted octanol–water partition coefficient (Wildman–Crippen LogP) is 4.00. The second-order valence-corrected chi connectivity index (χ2v) is 13.3. The van der Waals surface area contributed by atoms with Crippen LogP contribution < -0.4 is 0 Å². The van der Waals surface area contributed by atoms with Crippen LogP contribution in [0, 0.1) is 24.7 Å². The van der Waals surface area contributed by atoms with Gasteiger partial charge in [0.05, 0.1) is 24.4 Å². The Morgan fingerprint density at radius 2 is 1.87 bits per heavy atom. The van der Waals surface area contributed by atoms with Crippen LogP contribution in [0.5, 0.6) is 0 Å². The average Bonchev–Trinajstić information content (AvgIpc) is 3.64. The minimum atomic E-state index is -1.77. The zero-order chi connectivity index (χ0) is 33.8. The molecule has 11 atom stereocenters. The first-order valence-corrected chi connectivity index (χ1v) is 16.0. The molecule has 0 amide bonds. The number of methoxy groups -OCH3 is 1. The van der Waals surface area contributed by atoms with Crippen molar-refractivity contribution in [2.45, 2.75) is 116 Å². The number of hydrogen-bond acceptors (Lipinski definition) is 11. The van der Waals surface area contributed by atoms with Crippen molar-refractivity contribution in [3.63, 3.8) is 0 Å². The number of oxazole rings is 1. The zero-order valence-electron chi connectivity index (χ0n) is 27.8. The Balaban J connectivity index is 1.55. The van der Waals surface area contributed by atoms with Crippen molar-refractivity contribution in [1.82, 2.24) is 4.98 Å². The van der Waals surface area contributed by atoms with Crippen LogP contribution in [0.2, 0.25) is 0 Å². The normalized spacial score (nSPS) is 36.8. The van der Waals surface area contributed by atoms with Crippen LogP contribution >= 0.6 is 0 Å². The van der Waals surface area contributed by atoms with E-state index >= 15 is 0 Å². The van der Waals surface area contributed by atoms with Crippen molar-refractivity contribution in [3.8, 4) is 0 Å². The Hall–Kier alpha value is -3.09. The van der Waals surface area contributed by atoms with E-state index in [0.29, 0.717) is 18.7 Å². The Bertz CT molecular complexity index is 1340. The molecule has 2 fully saturated rings. The van der Waals surface area contributed by atoms with Crippen molar-refractivity contribution in [3.05, 3.63) is 59.4 Å². The molecule has 0 spiro atoms. The largest absolute Gasteiger partial charge is 0.462 e. The molecule has 1 aromatic heterocycles. The lowest BCUT2D eigenvalue weighted by atomic mass is 9.83. The Morgan fingerprint density at radius 1 is 1.15 bits per heavy atom. The van der Waals surface area contributed by atoms with E-state index in [2.05, 4.69) is 4.98 Å². The molecule has 3 N–H and O–H groups in total. The number of fused-ring (bicyclic) bond motifs is 3. The molecule has 4 rings (SSSR count). The molecule has 11 nitrogen and oxygen atoms in total. The van der Waals surface area contributed by atoms with Crippen molar-refractivity contribution in [2.24, 2.45) is 17.8 Å². The average molecular weight is 644 g/mol. The van der Waals surface area contributed by atoms with Gasteiger partial charge in [-0.25, -0.2) is 9.78 Å². The molecule has 254 valence electrons. The second kappa shape index (κ2) is 15.2. The van der Waals surface area contributed by atoms with Crippen molar-refractivity contribution in [1.29, 1.82) is 0 Å². The van der Waals surface area contributed by atoms with E-state index in [0.717, 1.165) is 16.8 Å². The highest BCUT2D eigenvalue weighted by molar-refractivity contribution is 5.78. The summed E-state index contributed by atoms with van der Waals surface area (Å²) >= 11 is 0. The summed E-state index contributed by atoms with van der Waals surface area (Å²) < 4.78 is 28.4. The molecule has 2 bridgehead atoms. The van der Waals surface area contributed by atoms with Crippen LogP contribution in [-0.2, 0) is 28.5 Å². The summed E-state index contributed by atoms with van der Waals surface area (Å²) in [6, 6.07) is 0. The molecule has 46 heavy (non-hydrogen) atoms. The van der Waals surface area contributed by atoms with Gasteiger partial charge in [-0.3, -0.25) is 4.79 Å². The Morgan fingerprint density at radius 3 is 2.54 bits per heavy atom. The number of carbonyl (C=O) groups is 2. The third-order valence-corrected chi connectivity index (χ3v) is 9.34. The smallest absolute Gasteiger partial charge is 0.338 e. The molecule has 2 saturated heterocycles. The highest BCUT2D eigenvalue weighted by atomic mass is 16.6. The van der Waals surface area contributed by atoms with Gasteiger partial charge >= 0.3 is 11.9 Å². The second-order valence-electron chi connectivity index (χ2n) is 13.3. The minimum Gasteiger partial charge on any atom is -0.462 e. The summed E-state index contributed by atoms with van der Waals surface area (Å²) in [5.74, 6) is -1.28. The highest BCUT2D eigenvalue weighted by Gasteiger charge is 2.50. The molecule has 0 aliphatic carbocycles. The van der Waals surface area contributed by atoms with Crippen LogP contribution in [0.25, 0.3) is 6.08 Å². The maximum absolute atomic E-state index is 13.3. The molecular formula is C35H49NO10. The van der Waals surface area contributed by atoms with Crippen molar-refractivity contribution >= 4 is 18.0 Å². The summed E-state index contributed by atoms with van der Waals surface area (Å²) in [4.78, 5) is 30.0. The van der Waals surface area contributed by atoms with Crippen molar-refractivity contribution in [2.75, 3.05) is 7.11 Å². The van der Waals surface area contributed by atoms with E-state index in [1.807, 2.05) is 45.1 Å². The third kappa shape index (κ3) is 9.25. The Labute approximate surface area is 271 Å². The molecule has 3 aliphatic rings. The number of rotatable bonds is 7. The quantitative estimate of drug-likeness (QED) is 0.170. The maximum atomic E-state index is 13.3. The molecule has 0 radical (unpaired) electrons. The van der Waals surface area contributed by atoms with Gasteiger partial charge in [0.2, 0.25) is 0 Å². The van der Waals surface area contributed by atoms with Gasteiger partial charge in [0.15, 0.2) is 12.0 Å². The number of hydrogen-bond donors (Lipinski definition) is 3. The first-order chi connectivity index (χ1) is 21.7. The number of cyclic esters (lactones) is 1. The lowest BCUT2D eigenvalue weighted by molar-refractivity contribution is -0.162. The third-order valence-electron chi connectivity index (χ3n) is 9.34. The van der Waals surface area contributed by atoms with Crippen molar-refractivity contribution < 1.29 is 48.3 Å². The van der Waals surface area contributed by atoms with Crippen LogP contribution in [-0.4, -0.2) is 87.7 Å². The summed E-state index contributed by atoms with van der Waals surface area (Å²) in [6.45, 7) is 10.7. The van der Waals surface area contributed by atoms with Gasteiger partial charge in [-0.1, -0.05) is 44.2 Å². The SMILES string of the molecule is COC(\C(C)=C/C=C/C(C)=C/c1coc(C)n1)C(C)C1CC(O)C(C)(O)/C=C\C(O)C(C)C2CC(CC(=O)O2)CC2OC2C(=O)O1. The molecule has 11 heteroatoms. The maximum Gasteiger partial charge on any atom is 0.338 e. The van der Waals surface area contributed by atoms with Crippen LogP contribution in [0.3, 0.4) is 0 Å². The van der Waals surface area contributed by atoms with Gasteiger partial charge in [0, 0.05) is 38.7 Å². The number of aryl methyl sites for hydroxylation is 1. The van der Waals surface area contributed by atoms with Gasteiger partial charge in [-0.15, -0.1) is 0 Å². The van der Waals surface area contributed by atoms with E-state index in [4.69, 9.17) is 23.4 Å². The number of carbonyl (C=O) groups excluding carboxylic acids is 2. The number of esters is 2. The van der Waals surface area contributed by atoms with E-state index < -0.39 is 66.1 Å². The number of aromatic nitrogens is 1. The predicted molar refractivity (Wildman–Crippen MR) is 169 cm³/mol. The molecule has 1 aromatic rings. The van der Waals surface area contributed by atoms with Gasteiger partial charge in [0.1, 0.15) is 29.8 Å². The van der Waals surface area contributed by atoms with Gasteiger partial charge in [0.25, 0.3) is 0 Å². The Kier molecular flexibility index (Phi) is 11.8. The van der Waals surface area contributed by atoms with Gasteiger partial charge in [-0.2, -0.15) is 0 Å². The molecule has 0 saturated carbocycles. The number of aliphatic hydroxyl groups excluding tert-OH is 2. The minimum absolute atomic E-state index is 0.0718.